The Morgan fingerprint density at radius 3 is 2.19 bits per heavy atom. The first-order valence-electron chi connectivity index (χ1n) is 4.77. The summed E-state index contributed by atoms with van der Waals surface area (Å²) in [5.41, 5.74) is 0.664. The van der Waals surface area contributed by atoms with Crippen molar-refractivity contribution in [2.45, 2.75) is 0 Å². The SMILES string of the molecule is [B-]c1n(C)c2c(=O)n(C)c(=O)n(C)c2[n+]1C. The van der Waals surface area contributed by atoms with Crippen molar-refractivity contribution in [3.05, 3.63) is 20.8 Å². The summed E-state index contributed by atoms with van der Waals surface area (Å²) >= 11 is 0. The van der Waals surface area contributed by atoms with Crippen LogP contribution in [0.3, 0.4) is 0 Å². The van der Waals surface area contributed by atoms with Crippen molar-refractivity contribution in [2.24, 2.45) is 28.2 Å². The smallest absolute Gasteiger partial charge is 0.388 e. The Bertz CT molecular complexity index is 707. The maximum absolute atomic E-state index is 11.9. The zero-order valence-corrected chi connectivity index (χ0v) is 9.68. The molecule has 0 amide bonds. The number of fused-ring (bicyclic) bond motifs is 1. The van der Waals surface area contributed by atoms with Gasteiger partial charge in [0.2, 0.25) is 5.52 Å². The summed E-state index contributed by atoms with van der Waals surface area (Å²) in [6.45, 7) is 0. The molecule has 0 aromatic carbocycles. The molecule has 3 radical (unpaired) electrons. The normalized spacial score (nSPS) is 11.3. The minimum atomic E-state index is -0.362. The van der Waals surface area contributed by atoms with E-state index >= 15 is 0 Å². The first kappa shape index (κ1) is 10.7. The maximum Gasteiger partial charge on any atom is 0.388 e. The molecule has 0 saturated heterocycles. The molecule has 0 atom stereocenters. The van der Waals surface area contributed by atoms with Crippen LogP contribution in [0.15, 0.2) is 9.59 Å². The highest BCUT2D eigenvalue weighted by molar-refractivity contribution is 6.28. The number of aromatic nitrogens is 4. The van der Waals surface area contributed by atoms with E-state index in [9.17, 15) is 9.59 Å². The average molecular weight is 219 g/mol. The van der Waals surface area contributed by atoms with Gasteiger partial charge in [-0.1, -0.05) is 5.72 Å². The Kier molecular flexibility index (Phi) is 2.08. The van der Waals surface area contributed by atoms with E-state index in [0.717, 1.165) is 4.57 Å². The molecule has 0 saturated carbocycles. The van der Waals surface area contributed by atoms with Gasteiger partial charge >= 0.3 is 11.2 Å². The summed E-state index contributed by atoms with van der Waals surface area (Å²) in [6, 6.07) is 0. The standard InChI is InChI=1S/C9H12BN4O2/c1-11-5-6(12(2)8(11)10)13(3)9(16)14(4)7(5)15/h1-4H3. The minimum absolute atomic E-state index is 0.340. The van der Waals surface area contributed by atoms with Gasteiger partial charge in [0.15, 0.2) is 0 Å². The van der Waals surface area contributed by atoms with Crippen molar-refractivity contribution < 1.29 is 4.57 Å². The van der Waals surface area contributed by atoms with Gasteiger partial charge in [-0.2, -0.15) is 0 Å². The highest BCUT2D eigenvalue weighted by Gasteiger charge is 2.20. The molecule has 0 N–H and O–H groups in total. The number of aryl methyl sites for hydroxylation is 3. The molecular weight excluding hydrogens is 207 g/mol. The van der Waals surface area contributed by atoms with Crippen LogP contribution < -0.4 is 21.5 Å². The Hall–Kier alpha value is -1.79. The first-order chi connectivity index (χ1) is 7.37. The van der Waals surface area contributed by atoms with E-state index < -0.39 is 0 Å². The molecule has 2 heterocycles. The summed E-state index contributed by atoms with van der Waals surface area (Å²) in [5, 5.41) is 0. The molecule has 2 aromatic heterocycles. The lowest BCUT2D eigenvalue weighted by Crippen LogP contribution is -2.48. The van der Waals surface area contributed by atoms with Gasteiger partial charge in [-0.3, -0.25) is 9.36 Å². The minimum Gasteiger partial charge on any atom is -0.484 e. The third kappa shape index (κ3) is 1.05. The molecule has 0 aliphatic rings. The van der Waals surface area contributed by atoms with Gasteiger partial charge in [-0.25, -0.2) is 13.9 Å². The van der Waals surface area contributed by atoms with Crippen molar-refractivity contribution in [1.82, 2.24) is 13.7 Å². The second-order valence-electron chi connectivity index (χ2n) is 3.85. The molecule has 0 spiro atoms. The maximum atomic E-state index is 11.9. The van der Waals surface area contributed by atoms with E-state index in [1.807, 2.05) is 0 Å². The molecule has 2 aromatic rings. The molecule has 6 nitrogen and oxygen atoms in total. The number of hydrogen-bond donors (Lipinski definition) is 0. The van der Waals surface area contributed by atoms with Crippen LogP contribution in [0.4, 0.5) is 0 Å². The molecule has 0 aliphatic heterocycles. The summed E-state index contributed by atoms with van der Waals surface area (Å²) in [6.07, 6.45) is 0. The van der Waals surface area contributed by atoms with Crippen LogP contribution in [-0.4, -0.2) is 21.5 Å². The summed E-state index contributed by atoms with van der Waals surface area (Å²) < 4.78 is 5.68. The molecule has 0 aliphatic carbocycles. The molecule has 0 unspecified atom stereocenters. The third-order valence-electron chi connectivity index (χ3n) is 2.95. The van der Waals surface area contributed by atoms with E-state index in [4.69, 9.17) is 7.85 Å². The lowest BCUT2D eigenvalue weighted by molar-refractivity contribution is -0.630. The van der Waals surface area contributed by atoms with E-state index in [2.05, 4.69) is 0 Å². The van der Waals surface area contributed by atoms with Crippen molar-refractivity contribution in [2.75, 3.05) is 0 Å². The number of rotatable bonds is 0. The highest BCUT2D eigenvalue weighted by atomic mass is 16.2. The largest absolute Gasteiger partial charge is 0.484 e. The first-order valence-corrected chi connectivity index (χ1v) is 4.77. The highest BCUT2D eigenvalue weighted by Crippen LogP contribution is 1.98. The zero-order chi connectivity index (χ0) is 12.2. The van der Waals surface area contributed by atoms with Crippen LogP contribution in [0, 0.1) is 0 Å². The summed E-state index contributed by atoms with van der Waals surface area (Å²) in [4.78, 5) is 23.7. The Labute approximate surface area is 92.8 Å². The van der Waals surface area contributed by atoms with E-state index in [1.54, 1.807) is 30.3 Å². The van der Waals surface area contributed by atoms with Crippen LogP contribution in [0.5, 0.6) is 0 Å². The predicted molar refractivity (Wildman–Crippen MR) is 60.0 cm³/mol. The predicted octanol–water partition coefficient (Wildman–Crippen LogP) is -2.81. The topological polar surface area (TPSA) is 52.8 Å². The molecule has 7 heteroatoms. The van der Waals surface area contributed by atoms with Gasteiger partial charge in [0.05, 0.1) is 21.1 Å². The van der Waals surface area contributed by atoms with Crippen LogP contribution in [-0.2, 0) is 28.2 Å². The Morgan fingerprint density at radius 2 is 1.62 bits per heavy atom. The van der Waals surface area contributed by atoms with Gasteiger partial charge < -0.3 is 12.4 Å². The van der Waals surface area contributed by atoms with Crippen LogP contribution >= 0.6 is 0 Å². The van der Waals surface area contributed by atoms with Gasteiger partial charge in [0, 0.05) is 7.05 Å². The van der Waals surface area contributed by atoms with Crippen LogP contribution in [0.2, 0.25) is 0 Å². The average Bonchev–Trinajstić information content (AvgIpc) is 2.48. The van der Waals surface area contributed by atoms with Crippen molar-refractivity contribution in [3.8, 4) is 0 Å². The monoisotopic (exact) mass is 219 g/mol. The third-order valence-corrected chi connectivity index (χ3v) is 2.95. The number of nitrogens with zero attached hydrogens (tertiary/aromatic N) is 4. The van der Waals surface area contributed by atoms with Gasteiger partial charge in [-0.05, 0) is 0 Å². The number of imidazole rings is 1. The summed E-state index contributed by atoms with van der Waals surface area (Å²) in [7, 11) is 12.3. The molecule has 83 valence electrons. The molecule has 2 rings (SSSR count). The van der Waals surface area contributed by atoms with Gasteiger partial charge in [0.1, 0.15) is 0 Å². The molecule has 0 fully saturated rings. The Balaban J connectivity index is 3.29. The summed E-state index contributed by atoms with van der Waals surface area (Å²) in [5.74, 6) is 0. The fraction of sp³-hybridized carbons (Fsp3) is 0.444. The fourth-order valence-electron chi connectivity index (χ4n) is 1.94. The van der Waals surface area contributed by atoms with Crippen molar-refractivity contribution >= 4 is 24.7 Å². The fourth-order valence-corrected chi connectivity index (χ4v) is 1.94. The molecule has 0 bridgehead atoms. The second-order valence-corrected chi connectivity index (χ2v) is 3.85. The van der Waals surface area contributed by atoms with E-state index in [-0.39, 0.29) is 11.2 Å². The van der Waals surface area contributed by atoms with Crippen LogP contribution in [0.1, 0.15) is 0 Å². The zero-order valence-electron chi connectivity index (χ0n) is 9.68. The molecular formula is C9H12BN4O2. The molecule has 16 heavy (non-hydrogen) atoms. The Morgan fingerprint density at radius 1 is 1.06 bits per heavy atom. The van der Waals surface area contributed by atoms with Gasteiger partial charge in [-0.15, -0.1) is 0 Å². The van der Waals surface area contributed by atoms with Crippen molar-refractivity contribution in [3.63, 3.8) is 0 Å². The van der Waals surface area contributed by atoms with E-state index in [1.165, 1.54) is 11.6 Å². The second kappa shape index (κ2) is 3.10. The quantitative estimate of drug-likeness (QED) is 0.355. The van der Waals surface area contributed by atoms with Crippen LogP contribution in [0.25, 0.3) is 11.2 Å². The number of hydrogen-bond acceptors (Lipinski definition) is 2. The van der Waals surface area contributed by atoms with Gasteiger partial charge in [0.25, 0.3) is 5.65 Å². The van der Waals surface area contributed by atoms with Crippen molar-refractivity contribution in [1.29, 1.82) is 0 Å². The van der Waals surface area contributed by atoms with E-state index in [0.29, 0.717) is 16.9 Å². The lowest BCUT2D eigenvalue weighted by Gasteiger charge is -2.04. The lowest BCUT2D eigenvalue weighted by atomic mass is 10.1.